The van der Waals surface area contributed by atoms with E-state index >= 15 is 0 Å². The molecule has 0 aliphatic carbocycles. The quantitative estimate of drug-likeness (QED) is 0.380. The van der Waals surface area contributed by atoms with Crippen molar-refractivity contribution in [3.63, 3.8) is 0 Å². The number of methoxy groups -OCH3 is 1. The van der Waals surface area contributed by atoms with Crippen LogP contribution < -0.4 is 10.5 Å². The van der Waals surface area contributed by atoms with Gasteiger partial charge in [0.15, 0.2) is 0 Å². The van der Waals surface area contributed by atoms with Crippen LogP contribution in [0.5, 0.6) is 5.75 Å². The van der Waals surface area contributed by atoms with E-state index in [1.54, 1.807) is 32.2 Å². The van der Waals surface area contributed by atoms with Gasteiger partial charge < -0.3 is 19.9 Å². The van der Waals surface area contributed by atoms with Crippen LogP contribution in [0.3, 0.4) is 0 Å². The summed E-state index contributed by atoms with van der Waals surface area (Å²) >= 11 is 4.77. The Kier molecular flexibility index (Phi) is 8.44. The molecule has 2 heterocycles. The number of pyridine rings is 1. The van der Waals surface area contributed by atoms with Crippen molar-refractivity contribution >= 4 is 33.7 Å². The Hall–Kier alpha value is -3.47. The van der Waals surface area contributed by atoms with Crippen molar-refractivity contribution in [1.29, 1.82) is 10.5 Å². The van der Waals surface area contributed by atoms with E-state index in [1.165, 1.54) is 11.8 Å². The van der Waals surface area contributed by atoms with E-state index in [0.29, 0.717) is 26.4 Å². The summed E-state index contributed by atoms with van der Waals surface area (Å²) in [5.74, 6) is -0.565. The van der Waals surface area contributed by atoms with Gasteiger partial charge >= 0.3 is 5.97 Å². The van der Waals surface area contributed by atoms with E-state index < -0.39 is 11.9 Å². The molecule has 8 nitrogen and oxygen atoms in total. The number of thioether (sulfide) groups is 1. The SMILES string of the molecule is CCOC(=O)C1=C(CSc2nc(C)cc(C)c2C#N)OC(N)=C(C#N)[C@@H]1c1ccc(OC)cc1Br. The van der Waals surface area contributed by atoms with E-state index in [-0.39, 0.29) is 35.1 Å². The highest BCUT2D eigenvalue weighted by Crippen LogP contribution is 2.44. The Balaban J connectivity index is 2.15. The van der Waals surface area contributed by atoms with Gasteiger partial charge in [0.25, 0.3) is 0 Å². The van der Waals surface area contributed by atoms with Crippen molar-refractivity contribution in [1.82, 2.24) is 4.98 Å². The van der Waals surface area contributed by atoms with E-state index in [0.717, 1.165) is 11.3 Å². The first-order chi connectivity index (χ1) is 16.7. The number of benzene rings is 1. The molecule has 0 spiro atoms. The number of nitrogens with two attached hydrogens (primary N) is 1. The summed E-state index contributed by atoms with van der Waals surface area (Å²) in [6.45, 7) is 5.52. The maximum Gasteiger partial charge on any atom is 0.338 e. The molecule has 1 aliphatic heterocycles. The zero-order valence-electron chi connectivity index (χ0n) is 19.6. The van der Waals surface area contributed by atoms with Gasteiger partial charge in [-0.15, -0.1) is 0 Å². The fourth-order valence-electron chi connectivity index (χ4n) is 3.71. The lowest BCUT2D eigenvalue weighted by Gasteiger charge is -2.28. The molecule has 0 bridgehead atoms. The number of hydrogen-bond acceptors (Lipinski definition) is 9. The molecule has 0 radical (unpaired) electrons. The highest BCUT2D eigenvalue weighted by atomic mass is 79.9. The van der Waals surface area contributed by atoms with Crippen LogP contribution in [0, 0.1) is 36.5 Å². The van der Waals surface area contributed by atoms with Crippen molar-refractivity contribution in [3.05, 3.63) is 73.9 Å². The topological polar surface area (TPSA) is 131 Å². The number of ether oxygens (including phenoxy) is 3. The van der Waals surface area contributed by atoms with E-state index in [4.69, 9.17) is 19.9 Å². The van der Waals surface area contributed by atoms with Crippen LogP contribution in [-0.4, -0.2) is 30.4 Å². The molecular formula is C25H23BrN4O4S. The molecule has 10 heteroatoms. The van der Waals surface area contributed by atoms with Gasteiger partial charge in [0.1, 0.15) is 34.2 Å². The van der Waals surface area contributed by atoms with E-state index in [9.17, 15) is 15.3 Å². The maximum atomic E-state index is 13.2. The van der Waals surface area contributed by atoms with Crippen LogP contribution in [0.25, 0.3) is 0 Å². The highest BCUT2D eigenvalue weighted by molar-refractivity contribution is 9.10. The number of hydrogen-bond donors (Lipinski definition) is 1. The van der Waals surface area contributed by atoms with Crippen LogP contribution in [0.15, 0.2) is 56.6 Å². The van der Waals surface area contributed by atoms with Crippen LogP contribution >= 0.6 is 27.7 Å². The number of esters is 1. The Morgan fingerprint density at radius 1 is 1.29 bits per heavy atom. The van der Waals surface area contributed by atoms with Gasteiger partial charge in [-0.25, -0.2) is 9.78 Å². The Bertz CT molecular complexity index is 1320. The molecule has 3 rings (SSSR count). The van der Waals surface area contributed by atoms with Gasteiger partial charge in [-0.05, 0) is 50.1 Å². The first-order valence-corrected chi connectivity index (χ1v) is 12.4. The molecule has 1 aromatic carbocycles. The number of carbonyl (C=O) groups excluding carboxylic acids is 1. The number of nitriles is 2. The average Bonchev–Trinajstić information content (AvgIpc) is 2.82. The Morgan fingerprint density at radius 3 is 2.63 bits per heavy atom. The monoisotopic (exact) mass is 554 g/mol. The number of rotatable bonds is 7. The number of aromatic nitrogens is 1. The minimum absolute atomic E-state index is 0.0925. The predicted octanol–water partition coefficient (Wildman–Crippen LogP) is 4.76. The number of nitrogens with zero attached hydrogens (tertiary/aromatic N) is 3. The molecule has 0 saturated carbocycles. The molecule has 1 aromatic heterocycles. The summed E-state index contributed by atoms with van der Waals surface area (Å²) in [6, 6.07) is 11.3. The summed E-state index contributed by atoms with van der Waals surface area (Å²) in [5, 5.41) is 20.0. The van der Waals surface area contributed by atoms with E-state index in [1.807, 2.05) is 19.9 Å². The number of allylic oxidation sites excluding steroid dienone is 1. The Morgan fingerprint density at radius 2 is 2.03 bits per heavy atom. The second-order valence-electron chi connectivity index (χ2n) is 7.53. The van der Waals surface area contributed by atoms with Crippen molar-refractivity contribution in [2.24, 2.45) is 5.73 Å². The zero-order valence-corrected chi connectivity index (χ0v) is 22.0. The van der Waals surface area contributed by atoms with Crippen molar-refractivity contribution in [3.8, 4) is 17.9 Å². The van der Waals surface area contributed by atoms with Gasteiger partial charge in [-0.2, -0.15) is 10.5 Å². The van der Waals surface area contributed by atoms with Crippen LogP contribution in [-0.2, 0) is 14.3 Å². The second kappa shape index (κ2) is 11.3. The molecule has 2 N–H and O–H groups in total. The predicted molar refractivity (Wildman–Crippen MR) is 134 cm³/mol. The first-order valence-electron chi connectivity index (χ1n) is 10.6. The lowest BCUT2D eigenvalue weighted by atomic mass is 9.83. The van der Waals surface area contributed by atoms with Gasteiger partial charge in [0, 0.05) is 10.2 Å². The van der Waals surface area contributed by atoms with Gasteiger partial charge in [-0.1, -0.05) is 33.8 Å². The fraction of sp³-hybridized carbons (Fsp3) is 0.280. The highest BCUT2D eigenvalue weighted by Gasteiger charge is 2.38. The van der Waals surface area contributed by atoms with Gasteiger partial charge in [0.2, 0.25) is 5.88 Å². The lowest BCUT2D eigenvalue weighted by Crippen LogP contribution is -2.27. The molecule has 0 saturated heterocycles. The molecule has 0 unspecified atom stereocenters. The standard InChI is InChI=1S/C25H23BrN4O4S/c1-5-33-25(31)22-20(12-35-24-17(10-27)13(2)8-14(3)30-24)34-23(29)18(11-28)21(22)16-7-6-15(32-4)9-19(16)26/h6-9,21H,5,12,29H2,1-4H3/t21-/m0/s1. The molecular weight excluding hydrogens is 532 g/mol. The van der Waals surface area contributed by atoms with Crippen LogP contribution in [0.1, 0.15) is 35.2 Å². The van der Waals surface area contributed by atoms with Crippen molar-refractivity contribution < 1.29 is 19.0 Å². The Labute approximate surface area is 216 Å². The molecule has 35 heavy (non-hydrogen) atoms. The molecule has 0 amide bonds. The third-order valence-electron chi connectivity index (χ3n) is 5.27. The number of halogens is 1. The summed E-state index contributed by atoms with van der Waals surface area (Å²) < 4.78 is 17.1. The maximum absolute atomic E-state index is 13.2. The fourth-order valence-corrected chi connectivity index (χ4v) is 5.34. The zero-order chi connectivity index (χ0) is 25.7. The second-order valence-corrected chi connectivity index (χ2v) is 9.35. The minimum Gasteiger partial charge on any atom is -0.497 e. The lowest BCUT2D eigenvalue weighted by molar-refractivity contribution is -0.139. The minimum atomic E-state index is -0.827. The van der Waals surface area contributed by atoms with E-state index in [2.05, 4.69) is 33.1 Å². The van der Waals surface area contributed by atoms with Gasteiger partial charge in [-0.3, -0.25) is 0 Å². The van der Waals surface area contributed by atoms with Gasteiger partial charge in [0.05, 0.1) is 36.5 Å². The smallest absolute Gasteiger partial charge is 0.338 e. The van der Waals surface area contributed by atoms with Crippen molar-refractivity contribution in [2.45, 2.75) is 31.7 Å². The third kappa shape index (κ3) is 5.45. The summed E-state index contributed by atoms with van der Waals surface area (Å²) in [7, 11) is 1.55. The normalized spacial score (nSPS) is 15.2. The van der Waals surface area contributed by atoms with Crippen LogP contribution in [0.2, 0.25) is 0 Å². The molecule has 2 aromatic rings. The summed E-state index contributed by atoms with van der Waals surface area (Å²) in [4.78, 5) is 17.7. The summed E-state index contributed by atoms with van der Waals surface area (Å²) in [6.07, 6.45) is 0. The largest absolute Gasteiger partial charge is 0.497 e. The summed E-state index contributed by atoms with van der Waals surface area (Å²) in [5.41, 5.74) is 9.06. The average molecular weight is 555 g/mol. The number of aryl methyl sites for hydroxylation is 2. The third-order valence-corrected chi connectivity index (χ3v) is 6.94. The first kappa shape index (κ1) is 26.1. The van der Waals surface area contributed by atoms with Crippen molar-refractivity contribution in [2.75, 3.05) is 19.5 Å². The molecule has 180 valence electrons. The molecule has 0 fully saturated rings. The molecule has 1 atom stereocenters. The number of carbonyl (C=O) groups is 1. The molecule has 1 aliphatic rings. The van der Waals surface area contributed by atoms with Crippen LogP contribution in [0.4, 0.5) is 0 Å².